The number of nitrogens with one attached hydrogen (secondary N) is 1. The molecule has 0 atom stereocenters. The van der Waals surface area contributed by atoms with Crippen LogP contribution in [0.5, 0.6) is 17.2 Å². The fourth-order valence-corrected chi connectivity index (χ4v) is 4.20. The summed E-state index contributed by atoms with van der Waals surface area (Å²) in [4.78, 5) is 19.4. The molecule has 0 bridgehead atoms. The van der Waals surface area contributed by atoms with Crippen LogP contribution < -0.4 is 19.5 Å². The first-order chi connectivity index (χ1) is 16.5. The highest BCUT2D eigenvalue weighted by Gasteiger charge is 2.26. The molecule has 0 radical (unpaired) electrons. The van der Waals surface area contributed by atoms with E-state index in [0.717, 1.165) is 31.5 Å². The average molecular weight is 487 g/mol. The number of methoxy groups -OCH3 is 3. The molecule has 1 N–H and O–H groups in total. The van der Waals surface area contributed by atoms with Gasteiger partial charge in [-0.25, -0.2) is 0 Å². The molecule has 10 heteroatoms. The minimum Gasteiger partial charge on any atom is -0.495 e. The van der Waals surface area contributed by atoms with Crippen molar-refractivity contribution in [1.29, 1.82) is 0 Å². The molecule has 0 unspecified atom stereocenters. The number of anilines is 1. The first kappa shape index (κ1) is 23.8. The molecule has 2 aromatic carbocycles. The van der Waals surface area contributed by atoms with E-state index in [0.29, 0.717) is 46.2 Å². The van der Waals surface area contributed by atoms with E-state index in [4.69, 9.17) is 30.3 Å². The minimum absolute atomic E-state index is 0.00517. The lowest BCUT2D eigenvalue weighted by atomic mass is 9.96. The van der Waals surface area contributed by atoms with Crippen LogP contribution in [0.2, 0.25) is 5.02 Å². The predicted molar refractivity (Wildman–Crippen MR) is 127 cm³/mol. The van der Waals surface area contributed by atoms with Gasteiger partial charge in [-0.15, -0.1) is 0 Å². The van der Waals surface area contributed by atoms with Gasteiger partial charge in [0.1, 0.15) is 5.75 Å². The monoisotopic (exact) mass is 486 g/mol. The molecule has 3 aromatic rings. The zero-order valence-electron chi connectivity index (χ0n) is 19.3. The number of benzene rings is 2. The van der Waals surface area contributed by atoms with Crippen molar-refractivity contribution >= 4 is 23.2 Å². The van der Waals surface area contributed by atoms with Crippen LogP contribution in [0.4, 0.5) is 5.69 Å². The maximum atomic E-state index is 12.7. The number of aromatic nitrogens is 2. The van der Waals surface area contributed by atoms with Crippen LogP contribution in [0.25, 0.3) is 11.4 Å². The van der Waals surface area contributed by atoms with Gasteiger partial charge in [0.05, 0.1) is 32.9 Å². The van der Waals surface area contributed by atoms with Crippen molar-refractivity contribution in [1.82, 2.24) is 15.0 Å². The number of amides is 1. The van der Waals surface area contributed by atoms with E-state index in [1.807, 2.05) is 12.1 Å². The number of piperidine rings is 1. The quantitative estimate of drug-likeness (QED) is 0.504. The number of carbonyl (C=O) groups is 1. The molecule has 1 fully saturated rings. The van der Waals surface area contributed by atoms with Crippen molar-refractivity contribution in [2.24, 2.45) is 5.92 Å². The van der Waals surface area contributed by atoms with Crippen molar-refractivity contribution in [3.8, 4) is 28.6 Å². The molecule has 2 heterocycles. The SMILES string of the molecule is COc1ccc(NC(=O)C2CCN(Cc3nc(-c4ccc(OC)c(OC)c4)no3)CC2)cc1Cl. The zero-order valence-corrected chi connectivity index (χ0v) is 20.1. The second-order valence-electron chi connectivity index (χ2n) is 7.97. The molecule has 1 amide bonds. The van der Waals surface area contributed by atoms with Crippen LogP contribution in [0, 0.1) is 5.92 Å². The third kappa shape index (κ3) is 5.43. The average Bonchev–Trinajstić information content (AvgIpc) is 3.32. The molecular weight excluding hydrogens is 460 g/mol. The smallest absolute Gasteiger partial charge is 0.241 e. The summed E-state index contributed by atoms with van der Waals surface area (Å²) in [6.07, 6.45) is 1.48. The zero-order chi connectivity index (χ0) is 24.1. The van der Waals surface area contributed by atoms with E-state index in [1.165, 1.54) is 0 Å². The molecule has 0 spiro atoms. The lowest BCUT2D eigenvalue weighted by Gasteiger charge is -2.30. The Balaban J connectivity index is 1.30. The van der Waals surface area contributed by atoms with Gasteiger partial charge < -0.3 is 24.1 Å². The summed E-state index contributed by atoms with van der Waals surface area (Å²) in [7, 11) is 4.73. The second kappa shape index (κ2) is 10.8. The van der Waals surface area contributed by atoms with Gasteiger partial charge in [-0.05, 0) is 62.3 Å². The van der Waals surface area contributed by atoms with Gasteiger partial charge in [0.15, 0.2) is 11.5 Å². The van der Waals surface area contributed by atoms with E-state index in [9.17, 15) is 4.79 Å². The summed E-state index contributed by atoms with van der Waals surface area (Å²) in [5.41, 5.74) is 1.44. The first-order valence-electron chi connectivity index (χ1n) is 10.9. The Labute approximate surface area is 202 Å². The van der Waals surface area contributed by atoms with Gasteiger partial charge in [-0.3, -0.25) is 9.69 Å². The van der Waals surface area contributed by atoms with E-state index < -0.39 is 0 Å². The molecule has 1 aliphatic heterocycles. The van der Waals surface area contributed by atoms with Crippen molar-refractivity contribution in [2.75, 3.05) is 39.7 Å². The van der Waals surface area contributed by atoms with Gasteiger partial charge in [0.25, 0.3) is 0 Å². The molecule has 0 saturated carbocycles. The summed E-state index contributed by atoms with van der Waals surface area (Å²) < 4.78 is 21.2. The van der Waals surface area contributed by atoms with Crippen LogP contribution >= 0.6 is 11.6 Å². The molecule has 34 heavy (non-hydrogen) atoms. The summed E-state index contributed by atoms with van der Waals surface area (Å²) in [5, 5.41) is 7.51. The standard InChI is InChI=1S/C24H27ClN4O5/c1-31-19-7-5-17(13-18(19)25)26-24(30)15-8-10-29(11-9-15)14-22-27-23(28-34-22)16-4-6-20(32-2)21(12-16)33-3/h4-7,12-13,15H,8-11,14H2,1-3H3,(H,26,30). The van der Waals surface area contributed by atoms with Crippen LogP contribution in [0.1, 0.15) is 18.7 Å². The largest absolute Gasteiger partial charge is 0.495 e. The van der Waals surface area contributed by atoms with E-state index >= 15 is 0 Å². The van der Waals surface area contributed by atoms with Gasteiger partial charge >= 0.3 is 0 Å². The van der Waals surface area contributed by atoms with Gasteiger partial charge in [0, 0.05) is 17.2 Å². The maximum Gasteiger partial charge on any atom is 0.241 e. The summed E-state index contributed by atoms with van der Waals surface area (Å²) in [5.74, 6) is 2.75. The normalized spacial score (nSPS) is 14.6. The maximum absolute atomic E-state index is 12.7. The molecule has 4 rings (SSSR count). The van der Waals surface area contributed by atoms with E-state index in [-0.39, 0.29) is 11.8 Å². The van der Waals surface area contributed by atoms with Crippen molar-refractivity contribution < 1.29 is 23.5 Å². The fraction of sp³-hybridized carbons (Fsp3) is 0.375. The predicted octanol–water partition coefficient (Wildman–Crippen LogP) is 4.27. The molecule has 0 aliphatic carbocycles. The van der Waals surface area contributed by atoms with Gasteiger partial charge in [-0.1, -0.05) is 16.8 Å². The third-order valence-corrected chi connectivity index (χ3v) is 6.14. The minimum atomic E-state index is -0.0675. The highest BCUT2D eigenvalue weighted by atomic mass is 35.5. The summed E-state index contributed by atoms with van der Waals surface area (Å²) in [6, 6.07) is 10.7. The molecule has 1 aromatic heterocycles. The lowest BCUT2D eigenvalue weighted by molar-refractivity contribution is -0.121. The van der Waals surface area contributed by atoms with Crippen LogP contribution in [-0.2, 0) is 11.3 Å². The number of carbonyl (C=O) groups excluding carboxylic acids is 1. The van der Waals surface area contributed by atoms with E-state index in [2.05, 4.69) is 20.4 Å². The second-order valence-corrected chi connectivity index (χ2v) is 8.38. The van der Waals surface area contributed by atoms with Crippen molar-refractivity contribution in [3.63, 3.8) is 0 Å². The Morgan fingerprint density at radius 2 is 1.76 bits per heavy atom. The molecule has 180 valence electrons. The van der Waals surface area contributed by atoms with Crippen LogP contribution in [0.15, 0.2) is 40.9 Å². The fourth-order valence-electron chi connectivity index (χ4n) is 3.94. The Morgan fingerprint density at radius 3 is 2.44 bits per heavy atom. The molecule has 1 aliphatic rings. The number of halogens is 1. The number of rotatable bonds is 8. The first-order valence-corrected chi connectivity index (χ1v) is 11.3. The Bertz CT molecular complexity index is 1140. The molecular formula is C24H27ClN4O5. The Kier molecular flexibility index (Phi) is 7.54. The van der Waals surface area contributed by atoms with Gasteiger partial charge in [-0.2, -0.15) is 4.98 Å². The highest BCUT2D eigenvalue weighted by molar-refractivity contribution is 6.32. The summed E-state index contributed by atoms with van der Waals surface area (Å²) in [6.45, 7) is 2.05. The van der Waals surface area contributed by atoms with Crippen molar-refractivity contribution in [3.05, 3.63) is 47.3 Å². The van der Waals surface area contributed by atoms with Crippen molar-refractivity contribution in [2.45, 2.75) is 19.4 Å². The van der Waals surface area contributed by atoms with Crippen LogP contribution in [0.3, 0.4) is 0 Å². The number of ether oxygens (including phenoxy) is 3. The van der Waals surface area contributed by atoms with E-state index in [1.54, 1.807) is 45.6 Å². The topological polar surface area (TPSA) is 99.0 Å². The summed E-state index contributed by atoms with van der Waals surface area (Å²) >= 11 is 6.15. The Morgan fingerprint density at radius 1 is 1.06 bits per heavy atom. The van der Waals surface area contributed by atoms with Gasteiger partial charge in [0.2, 0.25) is 17.6 Å². The lowest BCUT2D eigenvalue weighted by Crippen LogP contribution is -2.37. The van der Waals surface area contributed by atoms with Crippen LogP contribution in [-0.4, -0.2) is 55.4 Å². The number of hydrogen-bond acceptors (Lipinski definition) is 8. The third-order valence-electron chi connectivity index (χ3n) is 5.85. The Hall–Kier alpha value is -3.30. The number of nitrogens with zero attached hydrogens (tertiary/aromatic N) is 3. The number of hydrogen-bond donors (Lipinski definition) is 1. The molecule has 1 saturated heterocycles. The molecule has 9 nitrogen and oxygen atoms in total. The number of likely N-dealkylation sites (tertiary alicyclic amines) is 1. The highest BCUT2D eigenvalue weighted by Crippen LogP contribution is 2.31.